The lowest BCUT2D eigenvalue weighted by Gasteiger charge is -2.02. The summed E-state index contributed by atoms with van der Waals surface area (Å²) < 4.78 is 1.71. The molecule has 0 atom stereocenters. The third-order valence-corrected chi connectivity index (χ3v) is 1.91. The number of hydrogen-bond acceptors (Lipinski definition) is 1. The molecule has 0 bridgehead atoms. The summed E-state index contributed by atoms with van der Waals surface area (Å²) in [5.41, 5.74) is 2.12. The van der Waals surface area contributed by atoms with Gasteiger partial charge in [0.2, 0.25) is 0 Å². The molecule has 1 heterocycles. The maximum absolute atomic E-state index is 11.5. The zero-order valence-corrected chi connectivity index (χ0v) is 8.37. The van der Waals surface area contributed by atoms with Crippen LogP contribution in [0.3, 0.4) is 0 Å². The van der Waals surface area contributed by atoms with Crippen LogP contribution in [0.5, 0.6) is 0 Å². The van der Waals surface area contributed by atoms with E-state index in [9.17, 15) is 4.79 Å². The second kappa shape index (κ2) is 4.08. The van der Waals surface area contributed by atoms with Gasteiger partial charge in [0.05, 0.1) is 0 Å². The summed E-state index contributed by atoms with van der Waals surface area (Å²) in [5.74, 6) is 0. The minimum Gasteiger partial charge on any atom is -0.311 e. The lowest BCUT2D eigenvalue weighted by Crippen LogP contribution is -2.20. The minimum atomic E-state index is 0.0972. The Morgan fingerprint density at radius 2 is 2.23 bits per heavy atom. The number of hydrogen-bond donors (Lipinski definition) is 0. The Morgan fingerprint density at radius 1 is 1.54 bits per heavy atom. The van der Waals surface area contributed by atoms with E-state index in [1.165, 1.54) is 5.57 Å². The SMILES string of the molecule is CC(C)=CCn1cccc(C)c1=O. The summed E-state index contributed by atoms with van der Waals surface area (Å²) in [6.45, 7) is 6.56. The second-order valence-electron chi connectivity index (χ2n) is 3.43. The van der Waals surface area contributed by atoms with Gasteiger partial charge in [-0.15, -0.1) is 0 Å². The number of allylic oxidation sites excluding steroid dienone is 2. The van der Waals surface area contributed by atoms with Crippen LogP contribution < -0.4 is 5.56 Å². The highest BCUT2D eigenvalue weighted by Gasteiger charge is 1.95. The molecule has 0 radical (unpaired) electrons. The molecule has 0 unspecified atom stereocenters. The molecule has 0 fully saturated rings. The largest absolute Gasteiger partial charge is 0.311 e. The van der Waals surface area contributed by atoms with Crippen LogP contribution in [0.2, 0.25) is 0 Å². The molecule has 1 aromatic rings. The Bertz CT molecular complexity index is 370. The van der Waals surface area contributed by atoms with Crippen molar-refractivity contribution < 1.29 is 0 Å². The summed E-state index contributed by atoms with van der Waals surface area (Å²) >= 11 is 0. The van der Waals surface area contributed by atoms with E-state index >= 15 is 0 Å². The van der Waals surface area contributed by atoms with Gasteiger partial charge in [-0.2, -0.15) is 0 Å². The Hall–Kier alpha value is -1.31. The average Bonchev–Trinajstić information content (AvgIpc) is 2.07. The minimum absolute atomic E-state index is 0.0972. The Balaban J connectivity index is 2.97. The zero-order valence-electron chi connectivity index (χ0n) is 8.37. The van der Waals surface area contributed by atoms with E-state index in [1.807, 2.05) is 45.2 Å². The molecule has 0 aliphatic heterocycles. The molecule has 0 spiro atoms. The molecular weight excluding hydrogens is 162 g/mol. The summed E-state index contributed by atoms with van der Waals surface area (Å²) in [4.78, 5) is 11.5. The van der Waals surface area contributed by atoms with Gasteiger partial charge in [0.1, 0.15) is 0 Å². The molecule has 0 N–H and O–H groups in total. The first kappa shape index (κ1) is 9.78. The van der Waals surface area contributed by atoms with E-state index in [0.717, 1.165) is 5.56 Å². The van der Waals surface area contributed by atoms with Crippen LogP contribution in [0.1, 0.15) is 19.4 Å². The Labute approximate surface area is 78.5 Å². The van der Waals surface area contributed by atoms with Crippen molar-refractivity contribution in [2.75, 3.05) is 0 Å². The van der Waals surface area contributed by atoms with Gasteiger partial charge in [-0.3, -0.25) is 4.79 Å². The number of nitrogens with zero attached hydrogens (tertiary/aromatic N) is 1. The quantitative estimate of drug-likeness (QED) is 0.634. The molecule has 1 aromatic heterocycles. The molecule has 0 aliphatic carbocycles. The third kappa shape index (κ3) is 2.58. The Kier molecular flexibility index (Phi) is 3.07. The fourth-order valence-electron chi connectivity index (χ4n) is 1.08. The summed E-state index contributed by atoms with van der Waals surface area (Å²) in [6, 6.07) is 3.73. The van der Waals surface area contributed by atoms with Gasteiger partial charge in [-0.05, 0) is 26.8 Å². The molecule has 2 heteroatoms. The number of rotatable bonds is 2. The van der Waals surface area contributed by atoms with E-state index in [4.69, 9.17) is 0 Å². The van der Waals surface area contributed by atoms with Crippen LogP contribution in [-0.4, -0.2) is 4.57 Å². The zero-order chi connectivity index (χ0) is 9.84. The molecule has 0 aliphatic rings. The van der Waals surface area contributed by atoms with Crippen molar-refractivity contribution in [2.24, 2.45) is 0 Å². The maximum atomic E-state index is 11.5. The van der Waals surface area contributed by atoms with Crippen LogP contribution >= 0.6 is 0 Å². The summed E-state index contributed by atoms with van der Waals surface area (Å²) in [5, 5.41) is 0. The number of aryl methyl sites for hydroxylation is 1. The molecule has 13 heavy (non-hydrogen) atoms. The van der Waals surface area contributed by atoms with Crippen molar-refractivity contribution >= 4 is 0 Å². The van der Waals surface area contributed by atoms with Crippen molar-refractivity contribution in [1.29, 1.82) is 0 Å². The van der Waals surface area contributed by atoms with Gasteiger partial charge in [-0.1, -0.05) is 17.7 Å². The smallest absolute Gasteiger partial charge is 0.253 e. The van der Waals surface area contributed by atoms with E-state index < -0.39 is 0 Å². The molecule has 0 saturated heterocycles. The molecule has 70 valence electrons. The van der Waals surface area contributed by atoms with Gasteiger partial charge >= 0.3 is 0 Å². The molecule has 1 rings (SSSR count). The topological polar surface area (TPSA) is 22.0 Å². The monoisotopic (exact) mass is 177 g/mol. The first-order valence-corrected chi connectivity index (χ1v) is 4.40. The lowest BCUT2D eigenvalue weighted by atomic mass is 10.3. The highest BCUT2D eigenvalue weighted by atomic mass is 16.1. The van der Waals surface area contributed by atoms with E-state index in [1.54, 1.807) is 4.57 Å². The number of pyridine rings is 1. The van der Waals surface area contributed by atoms with Crippen molar-refractivity contribution in [3.05, 3.63) is 45.9 Å². The highest BCUT2D eigenvalue weighted by molar-refractivity contribution is 5.08. The van der Waals surface area contributed by atoms with E-state index in [0.29, 0.717) is 6.54 Å². The van der Waals surface area contributed by atoms with Crippen molar-refractivity contribution in [3.63, 3.8) is 0 Å². The van der Waals surface area contributed by atoms with Crippen LogP contribution in [0, 0.1) is 6.92 Å². The van der Waals surface area contributed by atoms with Crippen molar-refractivity contribution in [3.8, 4) is 0 Å². The van der Waals surface area contributed by atoms with Gasteiger partial charge in [-0.25, -0.2) is 0 Å². The van der Waals surface area contributed by atoms with Crippen LogP contribution in [0.15, 0.2) is 34.8 Å². The van der Waals surface area contributed by atoms with Crippen LogP contribution in [0.25, 0.3) is 0 Å². The van der Waals surface area contributed by atoms with E-state index in [-0.39, 0.29) is 5.56 Å². The molecule has 0 aromatic carbocycles. The predicted molar refractivity (Wildman–Crippen MR) is 54.9 cm³/mol. The average molecular weight is 177 g/mol. The predicted octanol–water partition coefficient (Wildman–Crippen LogP) is 2.12. The number of aromatic nitrogens is 1. The van der Waals surface area contributed by atoms with Crippen molar-refractivity contribution in [1.82, 2.24) is 4.57 Å². The van der Waals surface area contributed by atoms with Gasteiger partial charge in [0.15, 0.2) is 0 Å². The Morgan fingerprint density at radius 3 is 2.85 bits per heavy atom. The van der Waals surface area contributed by atoms with Crippen LogP contribution in [0.4, 0.5) is 0 Å². The molecular formula is C11H15NO. The highest BCUT2D eigenvalue weighted by Crippen LogP contribution is 1.93. The van der Waals surface area contributed by atoms with Gasteiger partial charge in [0.25, 0.3) is 5.56 Å². The lowest BCUT2D eigenvalue weighted by molar-refractivity contribution is 0.767. The molecule has 2 nitrogen and oxygen atoms in total. The second-order valence-corrected chi connectivity index (χ2v) is 3.43. The molecule has 0 amide bonds. The standard InChI is InChI=1S/C11H15NO/c1-9(2)6-8-12-7-4-5-10(3)11(12)13/h4-7H,8H2,1-3H3. The van der Waals surface area contributed by atoms with E-state index in [2.05, 4.69) is 0 Å². The van der Waals surface area contributed by atoms with Gasteiger partial charge < -0.3 is 4.57 Å². The molecule has 0 saturated carbocycles. The fourth-order valence-corrected chi connectivity index (χ4v) is 1.08. The van der Waals surface area contributed by atoms with Gasteiger partial charge in [0, 0.05) is 18.3 Å². The first-order valence-electron chi connectivity index (χ1n) is 4.40. The first-order chi connectivity index (χ1) is 6.11. The fraction of sp³-hybridized carbons (Fsp3) is 0.364. The van der Waals surface area contributed by atoms with Crippen molar-refractivity contribution in [2.45, 2.75) is 27.3 Å². The normalized spacial score (nSPS) is 9.77. The maximum Gasteiger partial charge on any atom is 0.253 e. The van der Waals surface area contributed by atoms with Crippen LogP contribution in [-0.2, 0) is 6.54 Å². The summed E-state index contributed by atoms with van der Waals surface area (Å²) in [7, 11) is 0. The summed E-state index contributed by atoms with van der Waals surface area (Å²) in [6.07, 6.45) is 3.86. The third-order valence-electron chi connectivity index (χ3n) is 1.91.